The number of nitrogens with zero attached hydrogens (tertiary/aromatic N) is 2. The van der Waals surface area contributed by atoms with Crippen molar-refractivity contribution in [1.82, 2.24) is 9.97 Å². The normalized spacial score (nSPS) is 10.8. The first-order valence-electron chi connectivity index (χ1n) is 6.95. The molecular formula is C17H16ClN3. The van der Waals surface area contributed by atoms with Crippen LogP contribution in [0.15, 0.2) is 42.5 Å². The van der Waals surface area contributed by atoms with Crippen LogP contribution in [0.2, 0.25) is 5.02 Å². The lowest BCUT2D eigenvalue weighted by atomic mass is 10.1. The fraction of sp³-hybridized carbons (Fsp3) is 0.176. The molecule has 1 heterocycles. The second kappa shape index (κ2) is 5.70. The summed E-state index contributed by atoms with van der Waals surface area (Å²) in [7, 11) is 0. The molecule has 21 heavy (non-hydrogen) atoms. The number of rotatable bonds is 3. The van der Waals surface area contributed by atoms with Crippen LogP contribution in [-0.2, 0) is 0 Å². The molecule has 4 heteroatoms. The van der Waals surface area contributed by atoms with Crippen LogP contribution in [0.5, 0.6) is 0 Å². The van der Waals surface area contributed by atoms with E-state index in [1.807, 2.05) is 30.3 Å². The average molecular weight is 298 g/mol. The lowest BCUT2D eigenvalue weighted by Gasteiger charge is -2.10. The van der Waals surface area contributed by atoms with Gasteiger partial charge in [0.15, 0.2) is 5.82 Å². The third-order valence-corrected chi connectivity index (χ3v) is 3.55. The van der Waals surface area contributed by atoms with Crippen LogP contribution < -0.4 is 5.32 Å². The zero-order valence-corrected chi connectivity index (χ0v) is 12.8. The minimum atomic E-state index is 0.707. The molecule has 2 aromatic carbocycles. The molecule has 0 aliphatic carbocycles. The van der Waals surface area contributed by atoms with Gasteiger partial charge in [0.25, 0.3) is 0 Å². The Bertz CT molecular complexity index is 782. The minimum Gasteiger partial charge on any atom is -0.370 e. The van der Waals surface area contributed by atoms with E-state index in [0.29, 0.717) is 10.8 Å². The van der Waals surface area contributed by atoms with Crippen molar-refractivity contribution >= 4 is 28.3 Å². The molecule has 0 amide bonds. The van der Waals surface area contributed by atoms with E-state index in [1.165, 1.54) is 5.56 Å². The fourth-order valence-corrected chi connectivity index (χ4v) is 2.40. The molecule has 0 unspecified atom stereocenters. The molecule has 3 rings (SSSR count). The summed E-state index contributed by atoms with van der Waals surface area (Å²) >= 11 is 5.94. The maximum atomic E-state index is 5.94. The molecule has 106 valence electrons. The summed E-state index contributed by atoms with van der Waals surface area (Å²) in [5.41, 5.74) is 3.10. The lowest BCUT2D eigenvalue weighted by molar-refractivity contribution is 1.14. The molecule has 1 N–H and O–H groups in total. The highest BCUT2D eigenvalue weighted by Crippen LogP contribution is 2.26. The van der Waals surface area contributed by atoms with Crippen molar-refractivity contribution in [2.24, 2.45) is 0 Å². The topological polar surface area (TPSA) is 37.8 Å². The monoisotopic (exact) mass is 297 g/mol. The smallest absolute Gasteiger partial charge is 0.162 e. The SMILES string of the molecule is CCNc1nc(-c2ccc(Cl)cc2)nc2ccc(C)cc12. The Kier molecular flexibility index (Phi) is 3.76. The van der Waals surface area contributed by atoms with Gasteiger partial charge in [-0.05, 0) is 50.2 Å². The number of anilines is 1. The van der Waals surface area contributed by atoms with Crippen LogP contribution in [0, 0.1) is 6.92 Å². The Labute approximate surface area is 129 Å². The second-order valence-electron chi connectivity index (χ2n) is 4.95. The Morgan fingerprint density at radius 2 is 1.81 bits per heavy atom. The maximum Gasteiger partial charge on any atom is 0.162 e. The number of nitrogens with one attached hydrogen (secondary N) is 1. The summed E-state index contributed by atoms with van der Waals surface area (Å²) in [5, 5.41) is 5.08. The molecule has 0 saturated heterocycles. The lowest BCUT2D eigenvalue weighted by Crippen LogP contribution is -2.03. The standard InChI is InChI=1S/C17H16ClN3/c1-3-19-17-14-10-11(2)4-9-15(14)20-16(21-17)12-5-7-13(18)8-6-12/h4-10H,3H2,1-2H3,(H,19,20,21). The first-order valence-corrected chi connectivity index (χ1v) is 7.33. The third-order valence-electron chi connectivity index (χ3n) is 3.30. The van der Waals surface area contributed by atoms with Crippen LogP contribution in [0.4, 0.5) is 5.82 Å². The zero-order valence-electron chi connectivity index (χ0n) is 12.0. The van der Waals surface area contributed by atoms with Crippen molar-refractivity contribution in [2.45, 2.75) is 13.8 Å². The van der Waals surface area contributed by atoms with E-state index in [0.717, 1.165) is 28.8 Å². The molecule has 0 bridgehead atoms. The van der Waals surface area contributed by atoms with Crippen molar-refractivity contribution < 1.29 is 0 Å². The zero-order chi connectivity index (χ0) is 14.8. The van der Waals surface area contributed by atoms with Gasteiger partial charge in [-0.25, -0.2) is 9.97 Å². The Morgan fingerprint density at radius 1 is 1.05 bits per heavy atom. The largest absolute Gasteiger partial charge is 0.370 e. The van der Waals surface area contributed by atoms with Crippen molar-refractivity contribution in [3.8, 4) is 11.4 Å². The summed E-state index contributed by atoms with van der Waals surface area (Å²) in [6, 6.07) is 13.8. The van der Waals surface area contributed by atoms with Gasteiger partial charge in [-0.2, -0.15) is 0 Å². The van der Waals surface area contributed by atoms with Gasteiger partial charge in [0, 0.05) is 22.5 Å². The predicted molar refractivity (Wildman–Crippen MR) is 88.9 cm³/mol. The molecule has 0 saturated carbocycles. The quantitative estimate of drug-likeness (QED) is 0.762. The number of fused-ring (bicyclic) bond motifs is 1. The van der Waals surface area contributed by atoms with Gasteiger partial charge >= 0.3 is 0 Å². The average Bonchev–Trinajstić information content (AvgIpc) is 2.48. The van der Waals surface area contributed by atoms with E-state index < -0.39 is 0 Å². The third kappa shape index (κ3) is 2.83. The van der Waals surface area contributed by atoms with Crippen LogP contribution in [0.25, 0.3) is 22.3 Å². The Hall–Kier alpha value is -2.13. The summed E-state index contributed by atoms with van der Waals surface area (Å²) in [5.74, 6) is 1.58. The van der Waals surface area contributed by atoms with Gasteiger partial charge in [-0.1, -0.05) is 23.2 Å². The summed E-state index contributed by atoms with van der Waals surface area (Å²) in [6.07, 6.45) is 0. The highest BCUT2D eigenvalue weighted by molar-refractivity contribution is 6.30. The van der Waals surface area contributed by atoms with Crippen LogP contribution in [0.1, 0.15) is 12.5 Å². The van der Waals surface area contributed by atoms with Crippen LogP contribution in [0.3, 0.4) is 0 Å². The van der Waals surface area contributed by atoms with E-state index in [9.17, 15) is 0 Å². The van der Waals surface area contributed by atoms with Gasteiger partial charge in [-0.15, -0.1) is 0 Å². The summed E-state index contributed by atoms with van der Waals surface area (Å²) in [6.45, 7) is 4.95. The van der Waals surface area contributed by atoms with E-state index >= 15 is 0 Å². The Morgan fingerprint density at radius 3 is 2.52 bits per heavy atom. The molecule has 3 aromatic rings. The van der Waals surface area contributed by atoms with E-state index in [2.05, 4.69) is 41.3 Å². The molecule has 1 aromatic heterocycles. The summed E-state index contributed by atoms with van der Waals surface area (Å²) < 4.78 is 0. The first kappa shape index (κ1) is 13.8. The number of aromatic nitrogens is 2. The molecule has 0 spiro atoms. The molecule has 3 nitrogen and oxygen atoms in total. The molecule has 0 aliphatic heterocycles. The first-order chi connectivity index (χ1) is 10.2. The molecule has 0 aliphatic rings. The van der Waals surface area contributed by atoms with Gasteiger partial charge in [0.1, 0.15) is 5.82 Å². The van der Waals surface area contributed by atoms with E-state index in [1.54, 1.807) is 0 Å². The summed E-state index contributed by atoms with van der Waals surface area (Å²) in [4.78, 5) is 9.33. The van der Waals surface area contributed by atoms with E-state index in [-0.39, 0.29) is 0 Å². The number of hydrogen-bond donors (Lipinski definition) is 1. The molecule has 0 radical (unpaired) electrons. The number of aryl methyl sites for hydroxylation is 1. The predicted octanol–water partition coefficient (Wildman–Crippen LogP) is 4.69. The van der Waals surface area contributed by atoms with Crippen LogP contribution >= 0.6 is 11.6 Å². The second-order valence-corrected chi connectivity index (χ2v) is 5.39. The molecule has 0 atom stereocenters. The molecule has 0 fully saturated rings. The Balaban J connectivity index is 2.20. The minimum absolute atomic E-state index is 0.707. The van der Waals surface area contributed by atoms with Gasteiger partial charge in [0.05, 0.1) is 5.52 Å². The van der Waals surface area contributed by atoms with Gasteiger partial charge in [0.2, 0.25) is 0 Å². The van der Waals surface area contributed by atoms with Crippen LogP contribution in [-0.4, -0.2) is 16.5 Å². The highest BCUT2D eigenvalue weighted by atomic mass is 35.5. The number of benzene rings is 2. The van der Waals surface area contributed by atoms with Crippen molar-refractivity contribution in [2.75, 3.05) is 11.9 Å². The van der Waals surface area contributed by atoms with Gasteiger partial charge in [-0.3, -0.25) is 0 Å². The van der Waals surface area contributed by atoms with Crippen molar-refractivity contribution in [3.63, 3.8) is 0 Å². The maximum absolute atomic E-state index is 5.94. The number of hydrogen-bond acceptors (Lipinski definition) is 3. The van der Waals surface area contributed by atoms with Crippen molar-refractivity contribution in [1.29, 1.82) is 0 Å². The fourth-order valence-electron chi connectivity index (χ4n) is 2.27. The van der Waals surface area contributed by atoms with E-state index in [4.69, 9.17) is 11.6 Å². The van der Waals surface area contributed by atoms with Gasteiger partial charge < -0.3 is 5.32 Å². The highest BCUT2D eigenvalue weighted by Gasteiger charge is 2.09. The van der Waals surface area contributed by atoms with Crippen molar-refractivity contribution in [3.05, 3.63) is 53.1 Å². The molecular weight excluding hydrogens is 282 g/mol. The number of halogens is 1.